The van der Waals surface area contributed by atoms with Gasteiger partial charge >= 0.3 is 0 Å². The lowest BCUT2D eigenvalue weighted by Crippen LogP contribution is -2.54. The zero-order valence-corrected chi connectivity index (χ0v) is 10.7. The average molecular weight is 236 g/mol. The third-order valence-corrected chi connectivity index (χ3v) is 4.98. The molecular formula is C13H20N2S. The first-order valence-electron chi connectivity index (χ1n) is 6.37. The van der Waals surface area contributed by atoms with E-state index in [0.717, 1.165) is 12.6 Å². The predicted molar refractivity (Wildman–Crippen MR) is 69.0 cm³/mol. The van der Waals surface area contributed by atoms with Gasteiger partial charge in [-0.15, -0.1) is 11.3 Å². The molecular weight excluding hydrogens is 216 g/mol. The summed E-state index contributed by atoms with van der Waals surface area (Å²) in [5.41, 5.74) is 0. The summed E-state index contributed by atoms with van der Waals surface area (Å²) in [5, 5.41) is 3.61. The number of aryl methyl sites for hydroxylation is 1. The van der Waals surface area contributed by atoms with E-state index in [1.54, 1.807) is 4.88 Å². The number of nitrogens with one attached hydrogen (secondary N) is 1. The Hall–Kier alpha value is -0.380. The molecule has 0 spiro atoms. The van der Waals surface area contributed by atoms with Crippen LogP contribution in [-0.4, -0.2) is 30.6 Å². The Labute approximate surface area is 102 Å². The molecule has 2 saturated heterocycles. The monoisotopic (exact) mass is 236 g/mol. The minimum atomic E-state index is 0.637. The van der Waals surface area contributed by atoms with Gasteiger partial charge in [0.25, 0.3) is 0 Å². The van der Waals surface area contributed by atoms with Crippen molar-refractivity contribution in [2.75, 3.05) is 19.6 Å². The Morgan fingerprint density at radius 3 is 3.06 bits per heavy atom. The van der Waals surface area contributed by atoms with Gasteiger partial charge in [0.15, 0.2) is 0 Å². The second-order valence-electron chi connectivity index (χ2n) is 5.01. The highest BCUT2D eigenvalue weighted by Crippen LogP contribution is 2.33. The van der Waals surface area contributed by atoms with E-state index < -0.39 is 0 Å². The molecule has 0 aliphatic carbocycles. The molecule has 2 aliphatic rings. The first kappa shape index (κ1) is 10.8. The molecule has 0 aromatic carbocycles. The Morgan fingerprint density at radius 2 is 2.25 bits per heavy atom. The van der Waals surface area contributed by atoms with Crippen molar-refractivity contribution in [3.63, 3.8) is 0 Å². The Morgan fingerprint density at radius 1 is 1.31 bits per heavy atom. The zero-order chi connectivity index (χ0) is 11.0. The fourth-order valence-corrected chi connectivity index (χ4v) is 4.05. The van der Waals surface area contributed by atoms with E-state index in [1.165, 1.54) is 37.2 Å². The molecule has 16 heavy (non-hydrogen) atoms. The van der Waals surface area contributed by atoms with Gasteiger partial charge < -0.3 is 5.32 Å². The van der Waals surface area contributed by atoms with Crippen molar-refractivity contribution in [2.24, 2.45) is 0 Å². The maximum atomic E-state index is 3.61. The van der Waals surface area contributed by atoms with Crippen LogP contribution in [0.1, 0.15) is 35.1 Å². The van der Waals surface area contributed by atoms with Crippen molar-refractivity contribution in [1.82, 2.24) is 10.2 Å². The van der Waals surface area contributed by atoms with Crippen molar-refractivity contribution in [3.05, 3.63) is 21.9 Å². The number of hydrogen-bond donors (Lipinski definition) is 1. The van der Waals surface area contributed by atoms with Crippen molar-refractivity contribution in [3.8, 4) is 0 Å². The Kier molecular flexibility index (Phi) is 3.01. The summed E-state index contributed by atoms with van der Waals surface area (Å²) in [6.45, 7) is 5.84. The summed E-state index contributed by atoms with van der Waals surface area (Å²) in [6.07, 6.45) is 4.18. The molecule has 1 aromatic heterocycles. The SMILES string of the molecule is Cc1ccc(C2CNCC3CCCCN32)s1. The van der Waals surface area contributed by atoms with Crippen LogP contribution in [0.15, 0.2) is 12.1 Å². The molecule has 1 N–H and O–H groups in total. The van der Waals surface area contributed by atoms with E-state index >= 15 is 0 Å². The van der Waals surface area contributed by atoms with Gasteiger partial charge in [0.2, 0.25) is 0 Å². The number of thiophene rings is 1. The summed E-state index contributed by atoms with van der Waals surface area (Å²) < 4.78 is 0. The lowest BCUT2D eigenvalue weighted by molar-refractivity contribution is 0.0660. The third-order valence-electron chi connectivity index (χ3n) is 3.88. The van der Waals surface area contributed by atoms with Crippen LogP contribution in [-0.2, 0) is 0 Å². The van der Waals surface area contributed by atoms with Gasteiger partial charge in [-0.3, -0.25) is 4.90 Å². The Bertz CT molecular complexity index is 359. The molecule has 2 nitrogen and oxygen atoms in total. The maximum absolute atomic E-state index is 3.61. The summed E-state index contributed by atoms with van der Waals surface area (Å²) in [5.74, 6) is 0. The number of fused-ring (bicyclic) bond motifs is 1. The number of piperazine rings is 1. The fourth-order valence-electron chi connectivity index (χ4n) is 3.05. The van der Waals surface area contributed by atoms with Crippen LogP contribution in [0, 0.1) is 6.92 Å². The van der Waals surface area contributed by atoms with Crippen LogP contribution in [0.5, 0.6) is 0 Å². The largest absolute Gasteiger partial charge is 0.313 e. The molecule has 88 valence electrons. The molecule has 3 heterocycles. The summed E-state index contributed by atoms with van der Waals surface area (Å²) in [7, 11) is 0. The molecule has 2 unspecified atom stereocenters. The lowest BCUT2D eigenvalue weighted by Gasteiger charge is -2.45. The third kappa shape index (κ3) is 1.92. The highest BCUT2D eigenvalue weighted by atomic mass is 32.1. The van der Waals surface area contributed by atoms with Gasteiger partial charge in [-0.25, -0.2) is 0 Å². The molecule has 0 saturated carbocycles. The van der Waals surface area contributed by atoms with Gasteiger partial charge in [-0.2, -0.15) is 0 Å². The van der Waals surface area contributed by atoms with Crippen LogP contribution in [0.2, 0.25) is 0 Å². The molecule has 0 bridgehead atoms. The highest BCUT2D eigenvalue weighted by molar-refractivity contribution is 7.12. The van der Waals surface area contributed by atoms with Crippen LogP contribution in [0.3, 0.4) is 0 Å². The quantitative estimate of drug-likeness (QED) is 0.806. The van der Waals surface area contributed by atoms with Gasteiger partial charge in [0.05, 0.1) is 6.04 Å². The van der Waals surface area contributed by atoms with Gasteiger partial charge in [0.1, 0.15) is 0 Å². The number of hydrogen-bond acceptors (Lipinski definition) is 3. The molecule has 0 radical (unpaired) electrons. The van der Waals surface area contributed by atoms with Crippen LogP contribution in [0.25, 0.3) is 0 Å². The van der Waals surface area contributed by atoms with Crippen molar-refractivity contribution in [2.45, 2.75) is 38.3 Å². The maximum Gasteiger partial charge on any atom is 0.0569 e. The van der Waals surface area contributed by atoms with E-state index in [-0.39, 0.29) is 0 Å². The fraction of sp³-hybridized carbons (Fsp3) is 0.692. The van der Waals surface area contributed by atoms with Gasteiger partial charge in [-0.1, -0.05) is 6.42 Å². The van der Waals surface area contributed by atoms with E-state index in [0.29, 0.717) is 6.04 Å². The average Bonchev–Trinajstić information content (AvgIpc) is 2.75. The lowest BCUT2D eigenvalue weighted by atomic mass is 9.96. The van der Waals surface area contributed by atoms with Crippen LogP contribution < -0.4 is 5.32 Å². The molecule has 2 fully saturated rings. The molecule has 3 rings (SSSR count). The summed E-state index contributed by atoms with van der Waals surface area (Å²) in [6, 6.07) is 6.00. The zero-order valence-electron chi connectivity index (χ0n) is 9.91. The molecule has 3 heteroatoms. The van der Waals surface area contributed by atoms with E-state index in [1.807, 2.05) is 11.3 Å². The highest BCUT2D eigenvalue weighted by Gasteiger charge is 2.33. The van der Waals surface area contributed by atoms with Gasteiger partial charge in [0, 0.05) is 28.9 Å². The molecule has 2 aliphatic heterocycles. The molecule has 1 aromatic rings. The van der Waals surface area contributed by atoms with Crippen molar-refractivity contribution in [1.29, 1.82) is 0 Å². The number of rotatable bonds is 1. The first-order valence-corrected chi connectivity index (χ1v) is 7.19. The van der Waals surface area contributed by atoms with Crippen LogP contribution >= 0.6 is 11.3 Å². The van der Waals surface area contributed by atoms with Crippen molar-refractivity contribution >= 4 is 11.3 Å². The predicted octanol–water partition coefficient (Wildman–Crippen LogP) is 2.56. The van der Waals surface area contributed by atoms with E-state index in [4.69, 9.17) is 0 Å². The van der Waals surface area contributed by atoms with E-state index in [2.05, 4.69) is 29.3 Å². The minimum Gasteiger partial charge on any atom is -0.313 e. The summed E-state index contributed by atoms with van der Waals surface area (Å²) in [4.78, 5) is 5.73. The smallest absolute Gasteiger partial charge is 0.0569 e. The summed E-state index contributed by atoms with van der Waals surface area (Å²) >= 11 is 1.97. The normalized spacial score (nSPS) is 31.3. The topological polar surface area (TPSA) is 15.3 Å². The molecule has 0 amide bonds. The number of nitrogens with zero attached hydrogens (tertiary/aromatic N) is 1. The standard InChI is InChI=1S/C13H20N2S/c1-10-5-6-13(16-10)12-9-14-8-11-4-2-3-7-15(11)12/h5-6,11-12,14H,2-4,7-9H2,1H3. The second-order valence-corrected chi connectivity index (χ2v) is 6.33. The Balaban J connectivity index is 1.82. The second kappa shape index (κ2) is 4.47. The van der Waals surface area contributed by atoms with E-state index in [9.17, 15) is 0 Å². The van der Waals surface area contributed by atoms with Gasteiger partial charge in [-0.05, 0) is 38.4 Å². The molecule has 2 atom stereocenters. The number of piperidine rings is 1. The van der Waals surface area contributed by atoms with Crippen LogP contribution in [0.4, 0.5) is 0 Å². The minimum absolute atomic E-state index is 0.637. The first-order chi connectivity index (χ1) is 7.84. The van der Waals surface area contributed by atoms with Crippen molar-refractivity contribution < 1.29 is 0 Å².